The molecule has 0 amide bonds. The SMILES string of the molecule is Cc1cc([N+](=O)[O-])c(C)cc1NC(C)c1cccs1. The number of hydrogen-bond acceptors (Lipinski definition) is 4. The van der Waals surface area contributed by atoms with Crippen molar-refractivity contribution in [3.8, 4) is 0 Å². The Morgan fingerprint density at radius 1 is 1.32 bits per heavy atom. The van der Waals surface area contributed by atoms with Crippen LogP contribution >= 0.6 is 11.3 Å². The molecule has 1 N–H and O–H groups in total. The zero-order valence-electron chi connectivity index (χ0n) is 11.1. The molecule has 2 aromatic rings. The van der Waals surface area contributed by atoms with Crippen molar-refractivity contribution in [2.24, 2.45) is 0 Å². The summed E-state index contributed by atoms with van der Waals surface area (Å²) in [5.74, 6) is 0. The molecule has 1 aromatic carbocycles. The van der Waals surface area contributed by atoms with E-state index in [4.69, 9.17) is 0 Å². The Morgan fingerprint density at radius 2 is 2.05 bits per heavy atom. The van der Waals surface area contributed by atoms with E-state index in [-0.39, 0.29) is 16.7 Å². The molecular formula is C14H16N2O2S. The molecule has 4 nitrogen and oxygen atoms in total. The van der Waals surface area contributed by atoms with Crippen LogP contribution in [-0.2, 0) is 0 Å². The molecule has 0 aliphatic rings. The van der Waals surface area contributed by atoms with Crippen molar-refractivity contribution in [1.82, 2.24) is 0 Å². The van der Waals surface area contributed by atoms with Gasteiger partial charge in [-0.15, -0.1) is 11.3 Å². The van der Waals surface area contributed by atoms with Crippen LogP contribution < -0.4 is 5.32 Å². The van der Waals surface area contributed by atoms with Gasteiger partial charge in [0, 0.05) is 22.2 Å². The van der Waals surface area contributed by atoms with Crippen LogP contribution in [0.25, 0.3) is 0 Å². The van der Waals surface area contributed by atoms with Gasteiger partial charge in [0.25, 0.3) is 5.69 Å². The van der Waals surface area contributed by atoms with Crippen molar-refractivity contribution >= 4 is 22.7 Å². The Kier molecular flexibility index (Phi) is 3.85. The lowest BCUT2D eigenvalue weighted by Crippen LogP contribution is -2.07. The lowest BCUT2D eigenvalue weighted by molar-refractivity contribution is -0.385. The summed E-state index contributed by atoms with van der Waals surface area (Å²) in [6, 6.07) is 7.76. The fourth-order valence-electron chi connectivity index (χ4n) is 2.00. The van der Waals surface area contributed by atoms with Crippen LogP contribution in [-0.4, -0.2) is 4.92 Å². The molecule has 2 rings (SSSR count). The topological polar surface area (TPSA) is 55.2 Å². The predicted octanol–water partition coefficient (Wildman–Crippen LogP) is 4.45. The zero-order valence-corrected chi connectivity index (χ0v) is 12.0. The molecule has 19 heavy (non-hydrogen) atoms. The van der Waals surface area contributed by atoms with Gasteiger partial charge in [0.2, 0.25) is 0 Å². The number of nitrogens with one attached hydrogen (secondary N) is 1. The summed E-state index contributed by atoms with van der Waals surface area (Å²) in [6.07, 6.45) is 0. The van der Waals surface area contributed by atoms with Gasteiger partial charge in [-0.25, -0.2) is 0 Å². The summed E-state index contributed by atoms with van der Waals surface area (Å²) in [5, 5.41) is 16.3. The van der Waals surface area contributed by atoms with E-state index in [0.717, 1.165) is 11.3 Å². The van der Waals surface area contributed by atoms with Gasteiger partial charge in [-0.05, 0) is 43.8 Å². The van der Waals surface area contributed by atoms with Crippen LogP contribution in [0.2, 0.25) is 0 Å². The second-order valence-corrected chi connectivity index (χ2v) is 5.57. The number of nitrogens with zero attached hydrogens (tertiary/aromatic N) is 1. The molecule has 0 saturated carbocycles. The molecule has 0 aliphatic heterocycles. The minimum absolute atomic E-state index is 0.173. The van der Waals surface area contributed by atoms with Crippen LogP contribution in [0.15, 0.2) is 29.6 Å². The minimum atomic E-state index is -0.338. The van der Waals surface area contributed by atoms with E-state index >= 15 is 0 Å². The monoisotopic (exact) mass is 276 g/mol. The number of aryl methyl sites for hydroxylation is 2. The molecule has 1 unspecified atom stereocenters. The van der Waals surface area contributed by atoms with E-state index in [9.17, 15) is 10.1 Å². The lowest BCUT2D eigenvalue weighted by Gasteiger charge is -2.16. The summed E-state index contributed by atoms with van der Waals surface area (Å²) in [6.45, 7) is 5.73. The number of thiophene rings is 1. The Bertz CT molecular complexity index is 594. The standard InChI is InChI=1S/C14H16N2O2S/c1-9-8-13(16(17)18)10(2)7-12(9)15-11(3)14-5-4-6-19-14/h4-8,11,15H,1-3H3. The molecule has 1 aromatic heterocycles. The van der Waals surface area contributed by atoms with Gasteiger partial charge in [-0.2, -0.15) is 0 Å². The quantitative estimate of drug-likeness (QED) is 0.663. The van der Waals surface area contributed by atoms with Crippen LogP contribution in [0, 0.1) is 24.0 Å². The van der Waals surface area contributed by atoms with Gasteiger partial charge in [0.1, 0.15) is 0 Å². The van der Waals surface area contributed by atoms with Crippen LogP contribution in [0.5, 0.6) is 0 Å². The largest absolute Gasteiger partial charge is 0.377 e. The average molecular weight is 276 g/mol. The molecular weight excluding hydrogens is 260 g/mol. The number of hydrogen-bond donors (Lipinski definition) is 1. The average Bonchev–Trinajstić information content (AvgIpc) is 2.86. The highest BCUT2D eigenvalue weighted by Crippen LogP contribution is 2.29. The van der Waals surface area contributed by atoms with E-state index in [0.29, 0.717) is 5.56 Å². The highest BCUT2D eigenvalue weighted by Gasteiger charge is 2.15. The Labute approximate surface area is 116 Å². The molecule has 0 radical (unpaired) electrons. The fourth-order valence-corrected chi connectivity index (χ4v) is 2.73. The van der Waals surface area contributed by atoms with Gasteiger partial charge in [0.15, 0.2) is 0 Å². The molecule has 5 heteroatoms. The molecule has 100 valence electrons. The third kappa shape index (κ3) is 2.93. The number of rotatable bonds is 4. The maximum absolute atomic E-state index is 10.9. The van der Waals surface area contributed by atoms with Crippen molar-refractivity contribution in [2.45, 2.75) is 26.8 Å². The number of nitro groups is 1. The Morgan fingerprint density at radius 3 is 2.63 bits per heavy atom. The first-order chi connectivity index (χ1) is 8.99. The molecule has 0 spiro atoms. The Balaban J connectivity index is 2.26. The zero-order chi connectivity index (χ0) is 14.0. The van der Waals surface area contributed by atoms with Gasteiger partial charge < -0.3 is 5.32 Å². The van der Waals surface area contributed by atoms with E-state index in [2.05, 4.69) is 18.3 Å². The second kappa shape index (κ2) is 5.40. The summed E-state index contributed by atoms with van der Waals surface area (Å²) in [7, 11) is 0. The summed E-state index contributed by atoms with van der Waals surface area (Å²) < 4.78 is 0. The molecule has 0 saturated heterocycles. The number of anilines is 1. The minimum Gasteiger partial charge on any atom is -0.377 e. The first-order valence-electron chi connectivity index (χ1n) is 6.04. The summed E-state index contributed by atoms with van der Waals surface area (Å²) in [5.41, 5.74) is 2.69. The van der Waals surface area contributed by atoms with Crippen LogP contribution in [0.4, 0.5) is 11.4 Å². The van der Waals surface area contributed by atoms with Crippen molar-refractivity contribution < 1.29 is 4.92 Å². The third-order valence-corrected chi connectivity index (χ3v) is 4.14. The van der Waals surface area contributed by atoms with E-state index < -0.39 is 0 Å². The number of benzene rings is 1. The van der Waals surface area contributed by atoms with Gasteiger partial charge in [-0.3, -0.25) is 10.1 Å². The van der Waals surface area contributed by atoms with Crippen molar-refractivity contribution in [3.05, 3.63) is 55.8 Å². The highest BCUT2D eigenvalue weighted by atomic mass is 32.1. The van der Waals surface area contributed by atoms with Crippen molar-refractivity contribution in [3.63, 3.8) is 0 Å². The van der Waals surface area contributed by atoms with Gasteiger partial charge >= 0.3 is 0 Å². The molecule has 0 aliphatic carbocycles. The van der Waals surface area contributed by atoms with E-state index in [1.54, 1.807) is 24.3 Å². The van der Waals surface area contributed by atoms with Crippen LogP contribution in [0.1, 0.15) is 29.0 Å². The molecule has 0 fully saturated rings. The maximum Gasteiger partial charge on any atom is 0.272 e. The number of nitro benzene ring substituents is 1. The normalized spacial score (nSPS) is 12.2. The van der Waals surface area contributed by atoms with Crippen molar-refractivity contribution in [1.29, 1.82) is 0 Å². The first kappa shape index (κ1) is 13.5. The predicted molar refractivity (Wildman–Crippen MR) is 78.9 cm³/mol. The van der Waals surface area contributed by atoms with E-state index in [1.807, 2.05) is 24.4 Å². The maximum atomic E-state index is 10.9. The third-order valence-electron chi connectivity index (χ3n) is 3.08. The highest BCUT2D eigenvalue weighted by molar-refractivity contribution is 7.10. The summed E-state index contributed by atoms with van der Waals surface area (Å²) in [4.78, 5) is 11.8. The smallest absolute Gasteiger partial charge is 0.272 e. The van der Waals surface area contributed by atoms with Gasteiger partial charge in [-0.1, -0.05) is 6.07 Å². The lowest BCUT2D eigenvalue weighted by atomic mass is 10.1. The first-order valence-corrected chi connectivity index (χ1v) is 6.92. The summed E-state index contributed by atoms with van der Waals surface area (Å²) >= 11 is 1.70. The second-order valence-electron chi connectivity index (χ2n) is 4.59. The molecule has 1 atom stereocenters. The van der Waals surface area contributed by atoms with E-state index in [1.165, 1.54) is 4.88 Å². The fraction of sp³-hybridized carbons (Fsp3) is 0.286. The van der Waals surface area contributed by atoms with Crippen LogP contribution in [0.3, 0.4) is 0 Å². The molecule has 1 heterocycles. The Hall–Kier alpha value is -1.88. The van der Waals surface area contributed by atoms with Gasteiger partial charge in [0.05, 0.1) is 11.0 Å². The molecule has 0 bridgehead atoms. The van der Waals surface area contributed by atoms with Crippen molar-refractivity contribution in [2.75, 3.05) is 5.32 Å².